The molecule has 7 heteroatoms. The summed E-state index contributed by atoms with van der Waals surface area (Å²) >= 11 is 0. The minimum Gasteiger partial charge on any atom is -0.372 e. The Bertz CT molecular complexity index is 978. The summed E-state index contributed by atoms with van der Waals surface area (Å²) < 4.78 is 0. The summed E-state index contributed by atoms with van der Waals surface area (Å²) in [7, 11) is 0. The molecule has 168 valence electrons. The van der Waals surface area contributed by atoms with Gasteiger partial charge in [0.25, 0.3) is 11.8 Å². The Morgan fingerprint density at radius 1 is 1.03 bits per heavy atom. The van der Waals surface area contributed by atoms with Crippen LogP contribution in [-0.2, 0) is 0 Å². The zero-order chi connectivity index (χ0) is 22.5. The van der Waals surface area contributed by atoms with Crippen LogP contribution in [0.25, 0.3) is 0 Å². The van der Waals surface area contributed by atoms with Crippen LogP contribution >= 0.6 is 0 Å². The minimum atomic E-state index is -0.245. The molecule has 2 N–H and O–H groups in total. The lowest BCUT2D eigenvalue weighted by atomic mass is 10.1. The summed E-state index contributed by atoms with van der Waals surface area (Å²) in [5.74, 6) is 0.180. The third kappa shape index (κ3) is 4.61. The maximum Gasteiger partial charge on any atom is 0.261 e. The second-order valence-corrected chi connectivity index (χ2v) is 8.22. The van der Waals surface area contributed by atoms with Gasteiger partial charge in [0.15, 0.2) is 5.96 Å². The molecule has 2 amide bonds. The van der Waals surface area contributed by atoms with E-state index in [-0.39, 0.29) is 24.4 Å². The van der Waals surface area contributed by atoms with Crippen LogP contribution in [0.2, 0.25) is 0 Å². The van der Waals surface area contributed by atoms with Crippen molar-refractivity contribution in [3.63, 3.8) is 0 Å². The molecule has 2 aliphatic rings. The number of carbonyl (C=O) groups is 2. The maximum atomic E-state index is 12.5. The predicted molar refractivity (Wildman–Crippen MR) is 127 cm³/mol. The van der Waals surface area contributed by atoms with Crippen LogP contribution in [-0.4, -0.2) is 55.4 Å². The van der Waals surface area contributed by atoms with E-state index in [1.54, 1.807) is 24.3 Å². The van der Waals surface area contributed by atoms with E-state index in [1.807, 2.05) is 6.92 Å². The number of guanidine groups is 1. The van der Waals surface area contributed by atoms with Gasteiger partial charge < -0.3 is 15.5 Å². The number of nitrogens with zero attached hydrogens (tertiary/aromatic N) is 3. The third-order valence-electron chi connectivity index (χ3n) is 6.01. The quantitative estimate of drug-likeness (QED) is 0.398. The number of fused-ring (bicyclic) bond motifs is 1. The molecule has 4 rings (SSSR count). The molecule has 32 heavy (non-hydrogen) atoms. The highest BCUT2D eigenvalue weighted by Gasteiger charge is 2.34. The van der Waals surface area contributed by atoms with Gasteiger partial charge in [0.1, 0.15) is 0 Å². The first-order chi connectivity index (χ1) is 15.6. The highest BCUT2D eigenvalue weighted by Crippen LogP contribution is 2.24. The second kappa shape index (κ2) is 9.85. The van der Waals surface area contributed by atoms with Crippen molar-refractivity contribution >= 4 is 23.5 Å². The van der Waals surface area contributed by atoms with Crippen LogP contribution in [0, 0.1) is 0 Å². The lowest BCUT2D eigenvalue weighted by molar-refractivity contribution is 0.0659. The third-order valence-corrected chi connectivity index (χ3v) is 6.01. The Kier molecular flexibility index (Phi) is 6.73. The van der Waals surface area contributed by atoms with Gasteiger partial charge >= 0.3 is 0 Å². The van der Waals surface area contributed by atoms with Crippen LogP contribution in [0.3, 0.4) is 0 Å². The maximum absolute atomic E-state index is 12.5. The van der Waals surface area contributed by atoms with E-state index in [1.165, 1.54) is 29.0 Å². The normalized spacial score (nSPS) is 17.0. The molecular formula is C25H31N5O2. The Balaban J connectivity index is 1.39. The van der Waals surface area contributed by atoms with Gasteiger partial charge in [0.05, 0.1) is 23.7 Å². The molecule has 1 saturated heterocycles. The molecule has 7 nitrogen and oxygen atoms in total. The average Bonchev–Trinajstić information content (AvgIpc) is 3.43. The molecule has 2 aromatic carbocycles. The number of hydrogen-bond donors (Lipinski definition) is 2. The van der Waals surface area contributed by atoms with Crippen LogP contribution in [0.1, 0.15) is 59.0 Å². The molecule has 0 spiro atoms. The Labute approximate surface area is 189 Å². The molecule has 1 fully saturated rings. The molecule has 1 atom stereocenters. The monoisotopic (exact) mass is 433 g/mol. The van der Waals surface area contributed by atoms with Crippen molar-refractivity contribution in [2.75, 3.05) is 37.6 Å². The highest BCUT2D eigenvalue weighted by atomic mass is 16.2. The van der Waals surface area contributed by atoms with E-state index in [4.69, 9.17) is 0 Å². The number of imide groups is 1. The number of benzene rings is 2. The van der Waals surface area contributed by atoms with Gasteiger partial charge in [0.2, 0.25) is 0 Å². The average molecular weight is 434 g/mol. The summed E-state index contributed by atoms with van der Waals surface area (Å²) in [6, 6.07) is 15.7. The van der Waals surface area contributed by atoms with Crippen LogP contribution in [0.5, 0.6) is 0 Å². The summed E-state index contributed by atoms with van der Waals surface area (Å²) in [4.78, 5) is 33.4. The second-order valence-electron chi connectivity index (χ2n) is 8.22. The largest absolute Gasteiger partial charge is 0.372 e. The van der Waals surface area contributed by atoms with Crippen molar-refractivity contribution in [3.05, 3.63) is 65.2 Å². The van der Waals surface area contributed by atoms with E-state index in [0.29, 0.717) is 23.6 Å². The molecule has 0 saturated carbocycles. The van der Waals surface area contributed by atoms with E-state index in [0.717, 1.165) is 19.6 Å². The molecule has 0 aliphatic carbocycles. The summed E-state index contributed by atoms with van der Waals surface area (Å²) in [6.45, 7) is 7.67. The molecule has 0 bridgehead atoms. The Morgan fingerprint density at radius 2 is 1.72 bits per heavy atom. The number of anilines is 1. The van der Waals surface area contributed by atoms with Crippen molar-refractivity contribution in [2.24, 2.45) is 4.99 Å². The van der Waals surface area contributed by atoms with Crippen LogP contribution in [0.15, 0.2) is 53.5 Å². The molecular weight excluding hydrogens is 402 g/mol. The van der Waals surface area contributed by atoms with Gasteiger partial charge in [-0.3, -0.25) is 19.5 Å². The molecule has 1 unspecified atom stereocenters. The molecule has 2 heterocycles. The van der Waals surface area contributed by atoms with Gasteiger partial charge in [-0.15, -0.1) is 0 Å². The van der Waals surface area contributed by atoms with Crippen molar-refractivity contribution in [1.82, 2.24) is 15.5 Å². The van der Waals surface area contributed by atoms with E-state index in [2.05, 4.69) is 51.7 Å². The first kappa shape index (κ1) is 21.9. The first-order valence-electron chi connectivity index (χ1n) is 11.4. The minimum absolute atomic E-state index is 0.0645. The van der Waals surface area contributed by atoms with E-state index < -0.39 is 0 Å². The van der Waals surface area contributed by atoms with Crippen molar-refractivity contribution in [3.8, 4) is 0 Å². The van der Waals surface area contributed by atoms with Crippen molar-refractivity contribution in [1.29, 1.82) is 0 Å². The predicted octanol–water partition coefficient (Wildman–Crippen LogP) is 3.20. The lowest BCUT2D eigenvalue weighted by Gasteiger charge is -2.22. The number of hydrogen-bond acceptors (Lipinski definition) is 4. The van der Waals surface area contributed by atoms with E-state index in [9.17, 15) is 9.59 Å². The zero-order valence-corrected chi connectivity index (χ0v) is 18.8. The SMILES string of the molecule is CCNC(=NCCN1C(=O)c2ccccc2C1=O)NC(C)c1cccc(N2CCCC2)c1. The molecule has 0 aromatic heterocycles. The Hall–Kier alpha value is -3.35. The molecule has 0 radical (unpaired) electrons. The fraction of sp³-hybridized carbons (Fsp3) is 0.400. The van der Waals surface area contributed by atoms with Gasteiger partial charge in [-0.2, -0.15) is 0 Å². The van der Waals surface area contributed by atoms with E-state index >= 15 is 0 Å². The van der Waals surface area contributed by atoms with Crippen LogP contribution < -0.4 is 15.5 Å². The highest BCUT2D eigenvalue weighted by molar-refractivity contribution is 6.21. The Morgan fingerprint density at radius 3 is 2.38 bits per heavy atom. The fourth-order valence-corrected chi connectivity index (χ4v) is 4.28. The number of carbonyl (C=O) groups excluding carboxylic acids is 2. The zero-order valence-electron chi connectivity index (χ0n) is 18.8. The standard InChI is InChI=1S/C25H31N5O2/c1-3-26-25(27-13-16-30-23(31)21-11-4-5-12-22(21)24(30)32)28-18(2)19-9-8-10-20(17-19)29-14-6-7-15-29/h4-5,8-12,17-18H,3,6-7,13-16H2,1-2H3,(H2,26,27,28). The lowest BCUT2D eigenvalue weighted by Crippen LogP contribution is -2.39. The van der Waals surface area contributed by atoms with Crippen molar-refractivity contribution in [2.45, 2.75) is 32.7 Å². The van der Waals surface area contributed by atoms with Crippen LogP contribution in [0.4, 0.5) is 5.69 Å². The number of nitrogens with one attached hydrogen (secondary N) is 2. The molecule has 2 aliphatic heterocycles. The number of rotatable bonds is 7. The number of aliphatic imine (C=N–C) groups is 1. The molecule has 2 aromatic rings. The summed E-state index contributed by atoms with van der Waals surface area (Å²) in [5, 5.41) is 6.71. The smallest absolute Gasteiger partial charge is 0.261 e. The van der Waals surface area contributed by atoms with Crippen molar-refractivity contribution < 1.29 is 9.59 Å². The fourth-order valence-electron chi connectivity index (χ4n) is 4.28. The summed E-state index contributed by atoms with van der Waals surface area (Å²) in [5.41, 5.74) is 3.40. The van der Waals surface area contributed by atoms with Gasteiger partial charge in [-0.25, -0.2) is 0 Å². The van der Waals surface area contributed by atoms with Gasteiger partial charge in [0, 0.05) is 31.9 Å². The van der Waals surface area contributed by atoms with Gasteiger partial charge in [-0.1, -0.05) is 24.3 Å². The van der Waals surface area contributed by atoms with Gasteiger partial charge in [-0.05, 0) is 56.5 Å². The first-order valence-corrected chi connectivity index (χ1v) is 11.4. The number of amides is 2. The summed E-state index contributed by atoms with van der Waals surface area (Å²) in [6.07, 6.45) is 2.50. The topological polar surface area (TPSA) is 77.0 Å².